The van der Waals surface area contributed by atoms with Crippen molar-refractivity contribution in [2.75, 3.05) is 46.2 Å². The minimum Gasteiger partial charge on any atom is -0.465 e. The third-order valence-corrected chi connectivity index (χ3v) is 3.36. The first-order valence-electron chi connectivity index (χ1n) is 5.87. The van der Waals surface area contributed by atoms with Gasteiger partial charge in [-0.25, -0.2) is 4.79 Å². The Hall–Kier alpha value is -1.44. The quantitative estimate of drug-likeness (QED) is 0.719. The summed E-state index contributed by atoms with van der Waals surface area (Å²) in [5.41, 5.74) is 0.504. The van der Waals surface area contributed by atoms with Crippen LogP contribution in [-0.4, -0.2) is 57.6 Å². The number of ether oxygens (including phenoxy) is 1. The van der Waals surface area contributed by atoms with E-state index in [1.54, 1.807) is 11.4 Å². The normalized spacial score (nSPS) is 10.5. The molecule has 7 heteroatoms. The smallest absolute Gasteiger partial charge is 0.350 e. The Morgan fingerprint density at radius 3 is 2.84 bits per heavy atom. The maximum Gasteiger partial charge on any atom is 0.350 e. The predicted molar refractivity (Wildman–Crippen MR) is 75.7 cm³/mol. The second-order valence-corrected chi connectivity index (χ2v) is 4.96. The second-order valence-electron chi connectivity index (χ2n) is 4.04. The fraction of sp³-hybridized carbons (Fsp3) is 0.500. The average molecular weight is 285 g/mol. The van der Waals surface area contributed by atoms with Crippen molar-refractivity contribution in [1.82, 2.24) is 10.2 Å². The lowest BCUT2D eigenvalue weighted by atomic mass is 10.3. The number of carbonyl (C=O) groups is 2. The summed E-state index contributed by atoms with van der Waals surface area (Å²) in [6, 6.07) is 1.70. The molecule has 106 valence electrons. The van der Waals surface area contributed by atoms with Crippen molar-refractivity contribution in [3.05, 3.63) is 16.3 Å². The number of nitrogens with one attached hydrogen (secondary N) is 2. The van der Waals surface area contributed by atoms with Gasteiger partial charge in [0.05, 0.1) is 19.3 Å². The van der Waals surface area contributed by atoms with E-state index in [4.69, 9.17) is 0 Å². The number of likely N-dealkylation sites (N-methyl/N-ethyl adjacent to an activating group) is 2. The van der Waals surface area contributed by atoms with E-state index in [0.717, 1.165) is 13.1 Å². The van der Waals surface area contributed by atoms with Crippen LogP contribution in [0.4, 0.5) is 5.69 Å². The van der Waals surface area contributed by atoms with Crippen molar-refractivity contribution in [3.63, 3.8) is 0 Å². The molecule has 6 nitrogen and oxygen atoms in total. The van der Waals surface area contributed by atoms with Gasteiger partial charge in [-0.2, -0.15) is 0 Å². The molecule has 0 saturated carbocycles. The number of carbonyl (C=O) groups excluding carboxylic acids is 2. The summed E-state index contributed by atoms with van der Waals surface area (Å²) in [6.45, 7) is 1.87. The number of nitrogens with zero attached hydrogens (tertiary/aromatic N) is 1. The van der Waals surface area contributed by atoms with E-state index in [1.165, 1.54) is 18.4 Å². The fourth-order valence-corrected chi connectivity index (χ4v) is 2.24. The zero-order valence-electron chi connectivity index (χ0n) is 11.4. The van der Waals surface area contributed by atoms with Gasteiger partial charge in [-0.05, 0) is 25.5 Å². The summed E-state index contributed by atoms with van der Waals surface area (Å²) in [6.07, 6.45) is 0. The minimum absolute atomic E-state index is 0.151. The molecule has 0 radical (unpaired) electrons. The van der Waals surface area contributed by atoms with Gasteiger partial charge in [0.1, 0.15) is 4.88 Å². The van der Waals surface area contributed by atoms with Crippen LogP contribution in [0.3, 0.4) is 0 Å². The Bertz CT molecular complexity index is 434. The molecule has 0 aliphatic carbocycles. The molecule has 0 aliphatic heterocycles. The summed E-state index contributed by atoms with van der Waals surface area (Å²) in [5, 5.41) is 7.48. The number of amides is 1. The monoisotopic (exact) mass is 285 g/mol. The molecule has 0 aliphatic rings. The van der Waals surface area contributed by atoms with Crippen molar-refractivity contribution in [3.8, 4) is 0 Å². The Morgan fingerprint density at radius 1 is 1.47 bits per heavy atom. The molecule has 1 amide bonds. The second kappa shape index (κ2) is 7.88. The maximum absolute atomic E-state index is 11.8. The summed E-state index contributed by atoms with van der Waals surface area (Å²) >= 11 is 1.24. The molecule has 0 saturated heterocycles. The Morgan fingerprint density at radius 2 is 2.21 bits per heavy atom. The van der Waals surface area contributed by atoms with Gasteiger partial charge in [0, 0.05) is 13.1 Å². The van der Waals surface area contributed by atoms with Crippen molar-refractivity contribution in [2.45, 2.75) is 0 Å². The van der Waals surface area contributed by atoms with Crippen molar-refractivity contribution < 1.29 is 14.3 Å². The number of esters is 1. The lowest BCUT2D eigenvalue weighted by Gasteiger charge is -2.15. The molecule has 0 spiro atoms. The highest BCUT2D eigenvalue weighted by Crippen LogP contribution is 2.22. The molecular formula is C12H19N3O3S. The number of methoxy groups -OCH3 is 1. The molecule has 0 aromatic carbocycles. The van der Waals surface area contributed by atoms with Crippen LogP contribution in [0.5, 0.6) is 0 Å². The molecule has 0 unspecified atom stereocenters. The zero-order chi connectivity index (χ0) is 14.3. The maximum atomic E-state index is 11.8. The van der Waals surface area contributed by atoms with Gasteiger partial charge >= 0.3 is 5.97 Å². The van der Waals surface area contributed by atoms with Crippen LogP contribution in [0, 0.1) is 0 Å². The molecule has 0 atom stereocenters. The average Bonchev–Trinajstić information content (AvgIpc) is 2.83. The lowest BCUT2D eigenvalue weighted by Crippen LogP contribution is -2.34. The zero-order valence-corrected chi connectivity index (χ0v) is 12.2. The van der Waals surface area contributed by atoms with Gasteiger partial charge in [-0.15, -0.1) is 11.3 Å². The van der Waals surface area contributed by atoms with E-state index >= 15 is 0 Å². The SMILES string of the molecule is CNCCN(C)CC(=O)Nc1ccsc1C(=O)OC. The first-order chi connectivity index (χ1) is 9.08. The van der Waals surface area contributed by atoms with E-state index in [1.807, 2.05) is 19.0 Å². The van der Waals surface area contributed by atoms with Gasteiger partial charge in [0.2, 0.25) is 5.91 Å². The van der Waals surface area contributed by atoms with E-state index in [2.05, 4.69) is 15.4 Å². The van der Waals surface area contributed by atoms with Gasteiger partial charge < -0.3 is 15.4 Å². The first-order valence-corrected chi connectivity index (χ1v) is 6.75. The van der Waals surface area contributed by atoms with Crippen molar-refractivity contribution in [2.24, 2.45) is 0 Å². The van der Waals surface area contributed by atoms with Crippen LogP contribution < -0.4 is 10.6 Å². The van der Waals surface area contributed by atoms with Crippen LogP contribution in [0.1, 0.15) is 9.67 Å². The molecule has 1 aromatic rings. The van der Waals surface area contributed by atoms with E-state index in [9.17, 15) is 9.59 Å². The largest absolute Gasteiger partial charge is 0.465 e. The third-order valence-electron chi connectivity index (χ3n) is 2.47. The van der Waals surface area contributed by atoms with Gasteiger partial charge in [-0.3, -0.25) is 9.69 Å². The Kier molecular flexibility index (Phi) is 6.48. The summed E-state index contributed by atoms with van der Waals surface area (Å²) in [4.78, 5) is 25.6. The van der Waals surface area contributed by atoms with Crippen LogP contribution in [0.25, 0.3) is 0 Å². The van der Waals surface area contributed by atoms with Crippen LogP contribution in [0.15, 0.2) is 11.4 Å². The Balaban J connectivity index is 2.53. The Labute approximate surface area is 116 Å². The highest BCUT2D eigenvalue weighted by Gasteiger charge is 2.16. The highest BCUT2D eigenvalue weighted by molar-refractivity contribution is 7.12. The molecular weight excluding hydrogens is 266 g/mol. The van der Waals surface area contributed by atoms with Gasteiger partial charge in [0.15, 0.2) is 0 Å². The number of thiophene rings is 1. The number of anilines is 1. The highest BCUT2D eigenvalue weighted by atomic mass is 32.1. The minimum atomic E-state index is -0.436. The van der Waals surface area contributed by atoms with E-state index in [0.29, 0.717) is 10.6 Å². The summed E-state index contributed by atoms with van der Waals surface area (Å²) in [5.74, 6) is -0.587. The van der Waals surface area contributed by atoms with Crippen LogP contribution in [0.2, 0.25) is 0 Å². The van der Waals surface area contributed by atoms with Crippen LogP contribution in [-0.2, 0) is 9.53 Å². The standard InChI is InChI=1S/C12H19N3O3S/c1-13-5-6-15(2)8-10(16)14-9-4-7-19-11(9)12(17)18-3/h4,7,13H,5-6,8H2,1-3H3,(H,14,16). The predicted octanol–water partition coefficient (Wildman–Crippen LogP) is 0.624. The van der Waals surface area contributed by atoms with Gasteiger partial charge in [-0.1, -0.05) is 0 Å². The molecule has 0 bridgehead atoms. The third kappa shape index (κ3) is 4.98. The van der Waals surface area contributed by atoms with E-state index < -0.39 is 5.97 Å². The number of rotatable bonds is 7. The molecule has 2 N–H and O–H groups in total. The summed E-state index contributed by atoms with van der Waals surface area (Å²) < 4.78 is 4.65. The first kappa shape index (κ1) is 15.6. The van der Waals surface area contributed by atoms with Crippen LogP contribution >= 0.6 is 11.3 Å². The molecule has 0 fully saturated rings. The fourth-order valence-electron chi connectivity index (χ4n) is 1.48. The topological polar surface area (TPSA) is 70.7 Å². The number of hydrogen-bond donors (Lipinski definition) is 2. The summed E-state index contributed by atoms with van der Waals surface area (Å²) in [7, 11) is 5.05. The van der Waals surface area contributed by atoms with E-state index in [-0.39, 0.29) is 12.5 Å². The number of hydrogen-bond acceptors (Lipinski definition) is 6. The van der Waals surface area contributed by atoms with Crippen molar-refractivity contribution >= 4 is 28.9 Å². The van der Waals surface area contributed by atoms with Crippen molar-refractivity contribution in [1.29, 1.82) is 0 Å². The molecule has 1 heterocycles. The van der Waals surface area contributed by atoms with Gasteiger partial charge in [0.25, 0.3) is 0 Å². The molecule has 1 rings (SSSR count). The lowest BCUT2D eigenvalue weighted by molar-refractivity contribution is -0.117. The molecule has 19 heavy (non-hydrogen) atoms. The molecule has 1 aromatic heterocycles.